The van der Waals surface area contributed by atoms with Crippen LogP contribution in [0.1, 0.15) is 44.0 Å². The molecule has 0 unspecified atom stereocenters. The van der Waals surface area contributed by atoms with E-state index in [2.05, 4.69) is 10.3 Å². The summed E-state index contributed by atoms with van der Waals surface area (Å²) < 4.78 is 19.0. The number of nitrogens with one attached hydrogen (secondary N) is 2. The molecule has 1 aliphatic rings. The maximum atomic E-state index is 13.8. The van der Waals surface area contributed by atoms with Crippen molar-refractivity contribution in [3.63, 3.8) is 0 Å². The molecule has 0 aliphatic carbocycles. The molecule has 0 spiro atoms. The highest BCUT2D eigenvalue weighted by Gasteiger charge is 2.27. The van der Waals surface area contributed by atoms with Crippen molar-refractivity contribution < 1.29 is 18.7 Å². The first-order valence-corrected chi connectivity index (χ1v) is 9.24. The molecule has 150 valence electrons. The normalized spacial score (nSPS) is 15.5. The van der Waals surface area contributed by atoms with Gasteiger partial charge in [-0.1, -0.05) is 6.07 Å². The van der Waals surface area contributed by atoms with Crippen molar-refractivity contribution in [3.8, 4) is 0 Å². The molecule has 2 aromatic rings. The average molecular weight is 389 g/mol. The third-order valence-electron chi connectivity index (χ3n) is 4.60. The predicted molar refractivity (Wildman–Crippen MR) is 103 cm³/mol. The fourth-order valence-electron chi connectivity index (χ4n) is 3.25. The maximum Gasteiger partial charge on any atom is 0.407 e. The van der Waals surface area contributed by atoms with Gasteiger partial charge in [-0.2, -0.15) is 0 Å². The molecule has 1 fully saturated rings. The highest BCUT2D eigenvalue weighted by molar-refractivity contribution is 5.97. The molecule has 2 N–H and O–H groups in total. The zero-order valence-corrected chi connectivity index (χ0v) is 16.2. The summed E-state index contributed by atoms with van der Waals surface area (Å²) in [6, 6.07) is 4.09. The number of fused-ring (bicyclic) bond motifs is 1. The first-order valence-electron chi connectivity index (χ1n) is 9.24. The molecule has 2 heterocycles. The highest BCUT2D eigenvalue weighted by atomic mass is 19.1. The molecular weight excluding hydrogens is 365 g/mol. The minimum atomic E-state index is -0.572. The number of hydrogen-bond acceptors (Lipinski definition) is 4. The van der Waals surface area contributed by atoms with Crippen LogP contribution < -0.4 is 10.7 Å². The van der Waals surface area contributed by atoms with Crippen LogP contribution in [0.5, 0.6) is 0 Å². The molecular formula is C20H24FN3O4. The molecule has 2 amide bonds. The molecule has 1 aromatic carbocycles. The summed E-state index contributed by atoms with van der Waals surface area (Å²) in [5.41, 5.74) is -0.995. The molecule has 3 rings (SSSR count). The second-order valence-corrected chi connectivity index (χ2v) is 7.91. The van der Waals surface area contributed by atoms with Gasteiger partial charge in [-0.3, -0.25) is 9.59 Å². The third kappa shape index (κ3) is 4.32. The van der Waals surface area contributed by atoms with Crippen molar-refractivity contribution >= 4 is 22.9 Å². The van der Waals surface area contributed by atoms with E-state index in [4.69, 9.17) is 4.74 Å². The number of amides is 2. The van der Waals surface area contributed by atoms with Crippen LogP contribution in [0.2, 0.25) is 0 Å². The number of likely N-dealkylation sites (tertiary alicyclic amines) is 1. The van der Waals surface area contributed by atoms with Crippen LogP contribution in [0.4, 0.5) is 9.18 Å². The van der Waals surface area contributed by atoms with Gasteiger partial charge in [-0.25, -0.2) is 9.18 Å². The van der Waals surface area contributed by atoms with E-state index in [1.807, 2.05) is 0 Å². The molecule has 1 aromatic heterocycles. The number of piperidine rings is 1. The van der Waals surface area contributed by atoms with Crippen molar-refractivity contribution in [2.45, 2.75) is 45.3 Å². The molecule has 28 heavy (non-hydrogen) atoms. The summed E-state index contributed by atoms with van der Waals surface area (Å²) in [5.74, 6) is -0.939. The average Bonchev–Trinajstić information content (AvgIpc) is 2.61. The first kappa shape index (κ1) is 19.9. The number of aromatic amines is 1. The smallest absolute Gasteiger partial charge is 0.407 e. The number of pyridine rings is 1. The summed E-state index contributed by atoms with van der Waals surface area (Å²) in [6.45, 7) is 6.18. The number of benzene rings is 1. The predicted octanol–water partition coefficient (Wildman–Crippen LogP) is 2.80. The number of para-hydroxylation sites is 1. The van der Waals surface area contributed by atoms with E-state index >= 15 is 0 Å². The highest BCUT2D eigenvalue weighted by Crippen LogP contribution is 2.16. The number of carbonyl (C=O) groups excluding carboxylic acids is 2. The minimum Gasteiger partial charge on any atom is -0.444 e. The Morgan fingerprint density at radius 2 is 1.93 bits per heavy atom. The van der Waals surface area contributed by atoms with Gasteiger partial charge >= 0.3 is 6.09 Å². The van der Waals surface area contributed by atoms with Crippen molar-refractivity contribution in [1.82, 2.24) is 15.2 Å². The van der Waals surface area contributed by atoms with E-state index < -0.39 is 28.8 Å². The Morgan fingerprint density at radius 1 is 1.25 bits per heavy atom. The Labute approximate surface area is 161 Å². The van der Waals surface area contributed by atoms with Gasteiger partial charge in [0.15, 0.2) is 0 Å². The van der Waals surface area contributed by atoms with Crippen LogP contribution in [0, 0.1) is 5.82 Å². The van der Waals surface area contributed by atoms with Crippen LogP contribution in [-0.4, -0.2) is 46.6 Å². The quantitative estimate of drug-likeness (QED) is 0.826. The number of hydrogen-bond donors (Lipinski definition) is 2. The van der Waals surface area contributed by atoms with E-state index in [1.165, 1.54) is 24.4 Å². The topological polar surface area (TPSA) is 91.5 Å². The molecule has 0 bridgehead atoms. The summed E-state index contributed by atoms with van der Waals surface area (Å²) in [7, 11) is 0. The summed E-state index contributed by atoms with van der Waals surface area (Å²) in [4.78, 5) is 41.5. The van der Waals surface area contributed by atoms with E-state index in [9.17, 15) is 18.8 Å². The van der Waals surface area contributed by atoms with Crippen molar-refractivity contribution in [3.05, 3.63) is 46.0 Å². The van der Waals surface area contributed by atoms with Gasteiger partial charge < -0.3 is 19.9 Å². The summed E-state index contributed by atoms with van der Waals surface area (Å²) in [5, 5.41) is 2.95. The first-order chi connectivity index (χ1) is 13.2. The molecule has 8 heteroatoms. The number of H-pyrrole nitrogens is 1. The van der Waals surface area contributed by atoms with Gasteiger partial charge in [0.05, 0.1) is 5.52 Å². The van der Waals surface area contributed by atoms with E-state index in [0.29, 0.717) is 25.9 Å². The van der Waals surface area contributed by atoms with Gasteiger partial charge in [-0.05, 0) is 45.7 Å². The van der Waals surface area contributed by atoms with Crippen LogP contribution >= 0.6 is 0 Å². The Balaban J connectivity index is 1.66. The van der Waals surface area contributed by atoms with Crippen molar-refractivity contribution in [2.24, 2.45) is 0 Å². The van der Waals surface area contributed by atoms with E-state index in [-0.39, 0.29) is 22.5 Å². The SMILES string of the molecule is CC(C)(C)OC(=O)NC1CCN(C(=O)c2c[nH]c3c(F)cccc3c2=O)CC1. The molecule has 0 radical (unpaired) electrons. The Kier molecular flexibility index (Phi) is 5.40. The lowest BCUT2D eigenvalue weighted by Crippen LogP contribution is -2.48. The largest absolute Gasteiger partial charge is 0.444 e. The number of halogens is 1. The minimum absolute atomic E-state index is 0.0170. The van der Waals surface area contributed by atoms with Crippen LogP contribution in [0.25, 0.3) is 10.9 Å². The van der Waals surface area contributed by atoms with E-state index in [1.54, 1.807) is 25.7 Å². The number of alkyl carbamates (subject to hydrolysis) is 1. The van der Waals surface area contributed by atoms with Gasteiger partial charge in [0.2, 0.25) is 5.43 Å². The second kappa shape index (κ2) is 7.61. The van der Waals surface area contributed by atoms with Gasteiger partial charge in [0, 0.05) is 30.7 Å². The van der Waals surface area contributed by atoms with Gasteiger partial charge in [0.25, 0.3) is 5.91 Å². The maximum absolute atomic E-state index is 13.8. The van der Waals surface area contributed by atoms with Crippen LogP contribution in [-0.2, 0) is 4.74 Å². The fourth-order valence-corrected chi connectivity index (χ4v) is 3.25. The fraction of sp³-hybridized carbons (Fsp3) is 0.450. The number of carbonyl (C=O) groups is 2. The summed E-state index contributed by atoms with van der Waals surface area (Å²) in [6.07, 6.45) is 1.90. The van der Waals surface area contributed by atoms with Crippen molar-refractivity contribution in [1.29, 1.82) is 0 Å². The lowest BCUT2D eigenvalue weighted by Gasteiger charge is -2.32. The molecule has 0 atom stereocenters. The Hall–Kier alpha value is -2.90. The van der Waals surface area contributed by atoms with Gasteiger partial charge in [-0.15, -0.1) is 0 Å². The molecule has 1 aliphatic heterocycles. The standard InChI is InChI=1S/C20H24FN3O4/c1-20(2,3)28-19(27)23-12-7-9-24(10-8-12)18(26)14-11-22-16-13(17(14)25)5-4-6-15(16)21/h4-6,11-12H,7-10H2,1-3H3,(H,22,25)(H,23,27). The lowest BCUT2D eigenvalue weighted by molar-refractivity contribution is 0.0473. The lowest BCUT2D eigenvalue weighted by atomic mass is 10.0. The zero-order valence-electron chi connectivity index (χ0n) is 16.2. The zero-order chi connectivity index (χ0) is 20.5. The monoisotopic (exact) mass is 389 g/mol. The number of nitrogens with zero attached hydrogens (tertiary/aromatic N) is 1. The van der Waals surface area contributed by atoms with Gasteiger partial charge in [0.1, 0.15) is 17.0 Å². The molecule has 0 saturated carbocycles. The summed E-state index contributed by atoms with van der Waals surface area (Å²) >= 11 is 0. The van der Waals surface area contributed by atoms with Crippen LogP contribution in [0.15, 0.2) is 29.2 Å². The number of rotatable bonds is 2. The van der Waals surface area contributed by atoms with Crippen molar-refractivity contribution in [2.75, 3.05) is 13.1 Å². The number of ether oxygens (including phenoxy) is 1. The third-order valence-corrected chi connectivity index (χ3v) is 4.60. The Morgan fingerprint density at radius 3 is 2.57 bits per heavy atom. The molecule has 1 saturated heterocycles. The van der Waals surface area contributed by atoms with E-state index in [0.717, 1.165) is 0 Å². The Bertz CT molecular complexity index is 956. The van der Waals surface area contributed by atoms with Crippen LogP contribution in [0.3, 0.4) is 0 Å². The number of aromatic nitrogens is 1. The second-order valence-electron chi connectivity index (χ2n) is 7.91. The molecule has 7 nitrogen and oxygen atoms in total.